The largest absolute Gasteiger partial charge is 0.395 e. The van der Waals surface area contributed by atoms with Crippen LogP contribution in [0.15, 0.2) is 167 Å². The van der Waals surface area contributed by atoms with Gasteiger partial charge < -0.3 is 34.5 Å². The number of β-amino-alcohol motifs (C(OH)–C–C–N with tert-alkyl or cyclic N) is 1. The maximum Gasteiger partial charge on any atom is 0.242 e. The number of likely N-dealkylation sites (tertiary alicyclic amines) is 1. The van der Waals surface area contributed by atoms with Gasteiger partial charge in [-0.05, 0) is 158 Å². The van der Waals surface area contributed by atoms with Gasteiger partial charge in [-0.2, -0.15) is 0 Å². The molecule has 5 aliphatic heterocycles. The van der Waals surface area contributed by atoms with E-state index in [0.717, 1.165) is 123 Å². The summed E-state index contributed by atoms with van der Waals surface area (Å²) in [6.07, 6.45) is 8.81. The minimum absolute atomic E-state index is 0.204. The van der Waals surface area contributed by atoms with Gasteiger partial charge >= 0.3 is 0 Å². The van der Waals surface area contributed by atoms with Gasteiger partial charge in [0.1, 0.15) is 0 Å². The molecule has 19 heteroatoms. The number of aliphatic hydroxyl groups is 1. The van der Waals surface area contributed by atoms with Crippen LogP contribution in [0, 0.1) is 0 Å². The van der Waals surface area contributed by atoms with Crippen LogP contribution in [0.5, 0.6) is 0 Å². The van der Waals surface area contributed by atoms with E-state index >= 15 is 0 Å². The monoisotopic (exact) mass is 1220 g/mol. The highest BCUT2D eigenvalue weighted by molar-refractivity contribution is 8.00. The number of rotatable bonds is 18. The molecule has 83 heavy (non-hydrogen) atoms. The quantitative estimate of drug-likeness (QED) is 0.0818. The second kappa shape index (κ2) is 28.5. The van der Waals surface area contributed by atoms with Crippen LogP contribution in [-0.2, 0) is 19.9 Å². The molecule has 0 amide bonds. The molecule has 2 saturated heterocycles. The summed E-state index contributed by atoms with van der Waals surface area (Å²) in [7, 11) is 2.84. The van der Waals surface area contributed by atoms with Crippen LogP contribution in [-0.4, -0.2) is 178 Å². The van der Waals surface area contributed by atoms with E-state index in [1.807, 2.05) is 49.4 Å². The number of ketones is 1. The average molecular weight is 1220 g/mol. The fraction of sp³-hybridized carbons (Fsp3) is 0.422. The van der Waals surface area contributed by atoms with Crippen molar-refractivity contribution >= 4 is 95.1 Å². The molecule has 5 heterocycles. The van der Waals surface area contributed by atoms with E-state index in [4.69, 9.17) is 5.11 Å². The Morgan fingerprint density at radius 3 is 1.53 bits per heavy atom. The molecular weight excluding hydrogens is 1140 g/mol. The number of benzene rings is 6. The zero-order chi connectivity index (χ0) is 58.8. The predicted octanol–water partition coefficient (Wildman–Crippen LogP) is 11.9. The molecule has 1 unspecified atom stereocenters. The molecule has 1 N–H and O–H groups in total. The topological polar surface area (TPSA) is 131 Å². The Labute approximate surface area is 507 Å². The summed E-state index contributed by atoms with van der Waals surface area (Å²) in [4.78, 5) is 36.4. The summed E-state index contributed by atoms with van der Waals surface area (Å²) in [6, 6.07) is 43.0. The van der Waals surface area contributed by atoms with Crippen LogP contribution in [0.1, 0.15) is 62.2 Å². The number of piperidine rings is 1. The van der Waals surface area contributed by atoms with Crippen molar-refractivity contribution in [2.75, 3.05) is 135 Å². The fourth-order valence-corrected chi connectivity index (χ4v) is 16.1. The number of piperazine rings is 1. The molecule has 6 aromatic carbocycles. The average Bonchev–Trinajstić information content (AvgIpc) is 2.35. The molecule has 11 rings (SSSR count). The third-order valence-corrected chi connectivity index (χ3v) is 22.3. The Hall–Kier alpha value is -4.90. The second-order valence-corrected chi connectivity index (χ2v) is 29.7. The maximum absolute atomic E-state index is 12.7. The normalized spacial score (nSPS) is 17.0. The van der Waals surface area contributed by atoms with Gasteiger partial charge in [-0.3, -0.25) is 9.69 Å². The molecule has 0 bridgehead atoms. The van der Waals surface area contributed by atoms with Gasteiger partial charge in [0.05, 0.1) is 50.5 Å². The van der Waals surface area contributed by atoms with Crippen LogP contribution >= 0.6 is 35.3 Å². The van der Waals surface area contributed by atoms with Crippen molar-refractivity contribution in [3.05, 3.63) is 133 Å². The van der Waals surface area contributed by atoms with E-state index in [-0.39, 0.29) is 12.4 Å². The second-order valence-electron chi connectivity index (χ2n) is 22.3. The Morgan fingerprint density at radius 1 is 0.554 bits per heavy atom. The summed E-state index contributed by atoms with van der Waals surface area (Å²) in [5.41, 5.74) is 7.52. The van der Waals surface area contributed by atoms with Crippen molar-refractivity contribution in [3.63, 3.8) is 0 Å². The van der Waals surface area contributed by atoms with Crippen LogP contribution in [0.4, 0.5) is 34.1 Å². The third-order valence-electron chi connectivity index (χ3n) is 16.0. The first-order valence-electron chi connectivity index (χ1n) is 29.0. The molecule has 444 valence electrons. The van der Waals surface area contributed by atoms with Crippen LogP contribution in [0.2, 0.25) is 0 Å². The van der Waals surface area contributed by atoms with Gasteiger partial charge in [-0.15, -0.1) is 0 Å². The zero-order valence-electron chi connectivity index (χ0n) is 49.2. The summed E-state index contributed by atoms with van der Waals surface area (Å²) in [6.45, 7) is 12.8. The van der Waals surface area contributed by atoms with E-state index in [1.165, 1.54) is 67.3 Å². The first-order valence-corrected chi connectivity index (χ1v) is 34.8. The summed E-state index contributed by atoms with van der Waals surface area (Å²) < 4.78 is 50.9. The highest BCUT2D eigenvalue weighted by atomic mass is 32.2. The van der Waals surface area contributed by atoms with Gasteiger partial charge in [0.15, 0.2) is 15.6 Å². The highest BCUT2D eigenvalue weighted by Crippen LogP contribution is 2.51. The van der Waals surface area contributed by atoms with Crippen molar-refractivity contribution in [1.29, 1.82) is 0 Å². The SMILES string of the molecule is CCC(=O)c1ccc2c(c1)N(CCCN(C)C)c1ccccc1S2.CN(C)S(=O)(=O)c1ccc2c(c1)N(CCCN1CCN(CCO)CC1)c1ccccc1S2.CN1CCCCC1CCN1c2ccccc2Sc2ccc(S(C)(=O)=O)cc21. The molecular formula is C64H82N8O6S5. The zero-order valence-corrected chi connectivity index (χ0v) is 53.3. The van der Waals surface area contributed by atoms with Gasteiger partial charge in [-0.1, -0.05) is 91.1 Å². The molecule has 0 saturated carbocycles. The number of fused-ring (bicyclic) bond motifs is 6. The van der Waals surface area contributed by atoms with Crippen LogP contribution in [0.25, 0.3) is 0 Å². The molecule has 5 aliphatic rings. The Kier molecular flexibility index (Phi) is 21.5. The third kappa shape index (κ3) is 15.4. The summed E-state index contributed by atoms with van der Waals surface area (Å²) in [5, 5.41) is 9.13. The van der Waals surface area contributed by atoms with Crippen molar-refractivity contribution in [1.82, 2.24) is 23.9 Å². The fourth-order valence-electron chi connectivity index (χ4n) is 11.3. The first kappa shape index (κ1) is 62.6. The summed E-state index contributed by atoms with van der Waals surface area (Å²) >= 11 is 5.21. The van der Waals surface area contributed by atoms with Crippen molar-refractivity contribution < 1.29 is 26.7 Å². The molecule has 0 spiro atoms. The minimum Gasteiger partial charge on any atom is -0.395 e. The highest BCUT2D eigenvalue weighted by Gasteiger charge is 2.30. The number of nitrogens with zero attached hydrogens (tertiary/aromatic N) is 8. The Morgan fingerprint density at radius 2 is 1.02 bits per heavy atom. The van der Waals surface area contributed by atoms with Crippen molar-refractivity contribution in [2.24, 2.45) is 0 Å². The maximum atomic E-state index is 12.7. The molecule has 6 aromatic rings. The molecule has 0 aromatic heterocycles. The number of sulfonamides is 1. The van der Waals surface area contributed by atoms with Gasteiger partial charge in [0.2, 0.25) is 10.0 Å². The van der Waals surface area contributed by atoms with E-state index in [1.54, 1.807) is 61.5 Å². The number of carbonyl (C=O) groups is 1. The minimum atomic E-state index is -3.49. The number of aliphatic hydroxyl groups excluding tert-OH is 1. The number of para-hydroxylation sites is 3. The first-order chi connectivity index (χ1) is 39.9. The molecule has 14 nitrogen and oxygen atoms in total. The number of hydrogen-bond acceptors (Lipinski definition) is 16. The number of carbonyl (C=O) groups excluding carboxylic acids is 1. The van der Waals surface area contributed by atoms with E-state index in [2.05, 4.69) is 128 Å². The van der Waals surface area contributed by atoms with E-state index < -0.39 is 19.9 Å². The van der Waals surface area contributed by atoms with Crippen LogP contribution in [0.3, 0.4) is 0 Å². The number of anilines is 6. The molecule has 1 atom stereocenters. The number of Topliss-reactive ketones (excluding diaryl/α,β-unsaturated/α-hetero) is 1. The molecule has 2 fully saturated rings. The summed E-state index contributed by atoms with van der Waals surface area (Å²) in [5.74, 6) is 0.204. The number of hydrogen-bond donors (Lipinski definition) is 1. The predicted molar refractivity (Wildman–Crippen MR) is 343 cm³/mol. The standard InChI is InChI=1S/C23H32N4O3S2.C21H26N2O2S2.C20H24N2OS/c1-24(2)32(29,30)19-8-9-23-21(18-19)27(20-6-3-4-7-22(20)31-23)11-5-10-25-12-14-26(15-13-25)16-17-28;1-22-13-6-5-7-16(22)12-14-23-18-8-3-4-9-20(18)26-21-11-10-17(15-19(21)23)27(2,24)25;1-4-18(23)15-10-11-20-17(14-15)22(13-7-12-21(2)3)16-8-5-6-9-19(16)24-20/h3-4,6-9,18,28H,5,10-17H2,1-2H3;3-4,8-11,15-16H,5-7,12-14H2,1-2H3;5-6,8-11,14H,4,7,12-13H2,1-3H3. The van der Waals surface area contributed by atoms with Crippen molar-refractivity contribution in [2.45, 2.75) is 97.1 Å². The van der Waals surface area contributed by atoms with Gasteiger partial charge in [-0.25, -0.2) is 21.1 Å². The Balaban J connectivity index is 0.000000151. The lowest BCUT2D eigenvalue weighted by Crippen LogP contribution is -2.47. The van der Waals surface area contributed by atoms with E-state index in [0.29, 0.717) is 22.3 Å². The van der Waals surface area contributed by atoms with E-state index in [9.17, 15) is 21.6 Å². The van der Waals surface area contributed by atoms with Gasteiger partial charge in [0, 0.05) is 120 Å². The van der Waals surface area contributed by atoms with Crippen molar-refractivity contribution in [3.8, 4) is 0 Å². The smallest absolute Gasteiger partial charge is 0.242 e. The molecule has 0 radical (unpaired) electrons. The molecule has 0 aliphatic carbocycles. The van der Waals surface area contributed by atoms with Crippen LogP contribution < -0.4 is 14.7 Å². The lowest BCUT2D eigenvalue weighted by atomic mass is 9.99. The number of sulfone groups is 1. The van der Waals surface area contributed by atoms with Gasteiger partial charge in [0.25, 0.3) is 0 Å². The Bertz CT molecular complexity index is 3430. The lowest BCUT2D eigenvalue weighted by Gasteiger charge is -2.37. The lowest BCUT2D eigenvalue weighted by molar-refractivity contribution is 0.0988.